The Morgan fingerprint density at radius 1 is 1.22 bits per heavy atom. The standard InChI is InChI=1S/C15H31NO2/c1-13(2)18-12-15(17)11-16(3)10-9-14-7-5-4-6-8-14/h13-15,17H,4-12H2,1-3H3. The van der Waals surface area contributed by atoms with Gasteiger partial charge in [-0.25, -0.2) is 0 Å². The zero-order chi connectivity index (χ0) is 13.4. The Bertz CT molecular complexity index is 203. The molecule has 0 saturated heterocycles. The second kappa shape index (κ2) is 8.89. The van der Waals surface area contributed by atoms with E-state index in [-0.39, 0.29) is 12.2 Å². The van der Waals surface area contributed by atoms with Gasteiger partial charge >= 0.3 is 0 Å². The van der Waals surface area contributed by atoms with E-state index in [1.807, 2.05) is 13.8 Å². The van der Waals surface area contributed by atoms with Crippen molar-refractivity contribution < 1.29 is 9.84 Å². The molecular formula is C15H31NO2. The van der Waals surface area contributed by atoms with Crippen molar-refractivity contribution in [2.75, 3.05) is 26.7 Å². The highest BCUT2D eigenvalue weighted by Crippen LogP contribution is 2.26. The fraction of sp³-hybridized carbons (Fsp3) is 1.00. The highest BCUT2D eigenvalue weighted by atomic mass is 16.5. The van der Waals surface area contributed by atoms with Crippen LogP contribution >= 0.6 is 0 Å². The van der Waals surface area contributed by atoms with Gasteiger partial charge in [0.25, 0.3) is 0 Å². The smallest absolute Gasteiger partial charge is 0.0900 e. The Morgan fingerprint density at radius 3 is 2.50 bits per heavy atom. The van der Waals surface area contributed by atoms with Crippen molar-refractivity contribution >= 4 is 0 Å². The fourth-order valence-corrected chi connectivity index (χ4v) is 2.69. The number of nitrogens with zero attached hydrogens (tertiary/aromatic N) is 1. The van der Waals surface area contributed by atoms with Crippen LogP contribution in [-0.2, 0) is 4.74 Å². The van der Waals surface area contributed by atoms with Gasteiger partial charge in [-0.3, -0.25) is 0 Å². The first-order valence-electron chi connectivity index (χ1n) is 7.56. The van der Waals surface area contributed by atoms with Crippen molar-refractivity contribution in [1.82, 2.24) is 4.90 Å². The van der Waals surface area contributed by atoms with Crippen LogP contribution in [0.25, 0.3) is 0 Å². The topological polar surface area (TPSA) is 32.7 Å². The molecule has 0 spiro atoms. The van der Waals surface area contributed by atoms with E-state index in [0.717, 1.165) is 19.0 Å². The molecule has 0 aromatic carbocycles. The van der Waals surface area contributed by atoms with Crippen LogP contribution < -0.4 is 0 Å². The van der Waals surface area contributed by atoms with Crippen molar-refractivity contribution in [3.8, 4) is 0 Å². The second-order valence-electron chi connectivity index (χ2n) is 6.09. The summed E-state index contributed by atoms with van der Waals surface area (Å²) in [6.07, 6.45) is 8.21. The molecule has 1 aliphatic rings. The molecule has 0 radical (unpaired) electrons. The van der Waals surface area contributed by atoms with Gasteiger partial charge in [-0.1, -0.05) is 32.1 Å². The number of rotatable bonds is 8. The Kier molecular flexibility index (Phi) is 7.87. The molecule has 18 heavy (non-hydrogen) atoms. The van der Waals surface area contributed by atoms with Gasteiger partial charge in [0.05, 0.1) is 18.8 Å². The highest BCUT2D eigenvalue weighted by molar-refractivity contribution is 4.68. The van der Waals surface area contributed by atoms with Crippen molar-refractivity contribution in [3.05, 3.63) is 0 Å². The molecule has 1 saturated carbocycles. The van der Waals surface area contributed by atoms with Gasteiger partial charge in [-0.05, 0) is 39.8 Å². The zero-order valence-electron chi connectivity index (χ0n) is 12.4. The van der Waals surface area contributed by atoms with E-state index < -0.39 is 0 Å². The minimum Gasteiger partial charge on any atom is -0.389 e. The van der Waals surface area contributed by atoms with E-state index in [9.17, 15) is 5.11 Å². The number of hydrogen-bond donors (Lipinski definition) is 1. The third-order valence-electron chi connectivity index (χ3n) is 3.79. The summed E-state index contributed by atoms with van der Waals surface area (Å²) in [6, 6.07) is 0. The maximum Gasteiger partial charge on any atom is 0.0900 e. The monoisotopic (exact) mass is 257 g/mol. The number of likely N-dealkylation sites (N-methyl/N-ethyl adjacent to an activating group) is 1. The van der Waals surface area contributed by atoms with Crippen LogP contribution in [0.1, 0.15) is 52.4 Å². The normalized spacial score (nSPS) is 19.7. The summed E-state index contributed by atoms with van der Waals surface area (Å²) in [5.41, 5.74) is 0. The van der Waals surface area contributed by atoms with Crippen LogP contribution in [0.15, 0.2) is 0 Å². The summed E-state index contributed by atoms with van der Waals surface area (Å²) >= 11 is 0. The predicted octanol–water partition coefficient (Wildman–Crippen LogP) is 2.67. The Morgan fingerprint density at radius 2 is 1.89 bits per heavy atom. The molecule has 0 aliphatic heterocycles. The summed E-state index contributed by atoms with van der Waals surface area (Å²) in [7, 11) is 2.10. The van der Waals surface area contributed by atoms with Crippen LogP contribution in [-0.4, -0.2) is 49.0 Å². The van der Waals surface area contributed by atoms with Crippen molar-refractivity contribution in [2.24, 2.45) is 5.92 Å². The lowest BCUT2D eigenvalue weighted by atomic mass is 9.87. The number of aliphatic hydroxyl groups excluding tert-OH is 1. The molecule has 1 fully saturated rings. The van der Waals surface area contributed by atoms with E-state index >= 15 is 0 Å². The molecule has 0 aromatic heterocycles. The van der Waals surface area contributed by atoms with E-state index in [2.05, 4.69) is 11.9 Å². The molecule has 1 aliphatic carbocycles. The molecular weight excluding hydrogens is 226 g/mol. The number of ether oxygens (including phenoxy) is 1. The Labute approximate surface area is 113 Å². The SMILES string of the molecule is CC(C)OCC(O)CN(C)CCC1CCCCC1. The first-order chi connectivity index (χ1) is 8.58. The molecule has 1 atom stereocenters. The quantitative estimate of drug-likeness (QED) is 0.725. The average molecular weight is 257 g/mol. The molecule has 3 nitrogen and oxygen atoms in total. The summed E-state index contributed by atoms with van der Waals surface area (Å²) < 4.78 is 5.42. The molecule has 108 valence electrons. The van der Waals surface area contributed by atoms with E-state index in [1.54, 1.807) is 0 Å². The summed E-state index contributed by atoms with van der Waals surface area (Å²) in [5.74, 6) is 0.922. The van der Waals surface area contributed by atoms with Crippen molar-refractivity contribution in [1.29, 1.82) is 0 Å². The lowest BCUT2D eigenvalue weighted by Gasteiger charge is -2.26. The second-order valence-corrected chi connectivity index (χ2v) is 6.09. The average Bonchev–Trinajstić information content (AvgIpc) is 2.35. The largest absolute Gasteiger partial charge is 0.389 e. The minimum atomic E-state index is -0.358. The summed E-state index contributed by atoms with van der Waals surface area (Å²) in [5, 5.41) is 9.84. The first-order valence-corrected chi connectivity index (χ1v) is 7.56. The van der Waals surface area contributed by atoms with Gasteiger partial charge < -0.3 is 14.7 Å². The third-order valence-corrected chi connectivity index (χ3v) is 3.79. The van der Waals surface area contributed by atoms with Crippen molar-refractivity contribution in [2.45, 2.75) is 64.6 Å². The summed E-state index contributed by atoms with van der Waals surface area (Å²) in [6.45, 7) is 6.27. The molecule has 0 heterocycles. The van der Waals surface area contributed by atoms with Crippen LogP contribution in [0.5, 0.6) is 0 Å². The van der Waals surface area contributed by atoms with Crippen LogP contribution in [0.4, 0.5) is 0 Å². The number of aliphatic hydroxyl groups is 1. The fourth-order valence-electron chi connectivity index (χ4n) is 2.69. The van der Waals surface area contributed by atoms with E-state index in [4.69, 9.17) is 4.74 Å². The van der Waals surface area contributed by atoms with Gasteiger partial charge in [0.2, 0.25) is 0 Å². The molecule has 1 unspecified atom stereocenters. The van der Waals surface area contributed by atoms with Gasteiger partial charge in [0, 0.05) is 6.54 Å². The molecule has 0 bridgehead atoms. The predicted molar refractivity (Wildman–Crippen MR) is 75.8 cm³/mol. The van der Waals surface area contributed by atoms with Gasteiger partial charge in [0.1, 0.15) is 0 Å². The van der Waals surface area contributed by atoms with Crippen molar-refractivity contribution in [3.63, 3.8) is 0 Å². The van der Waals surface area contributed by atoms with Crippen LogP contribution in [0, 0.1) is 5.92 Å². The Hall–Kier alpha value is -0.120. The summed E-state index contributed by atoms with van der Waals surface area (Å²) in [4.78, 5) is 2.24. The van der Waals surface area contributed by atoms with Crippen LogP contribution in [0.2, 0.25) is 0 Å². The maximum absolute atomic E-state index is 9.84. The van der Waals surface area contributed by atoms with E-state index in [1.165, 1.54) is 38.5 Å². The molecule has 0 aromatic rings. The van der Waals surface area contributed by atoms with Gasteiger partial charge in [0.15, 0.2) is 0 Å². The minimum absolute atomic E-state index is 0.201. The third kappa shape index (κ3) is 7.34. The van der Waals surface area contributed by atoms with Crippen LogP contribution in [0.3, 0.4) is 0 Å². The molecule has 1 N–H and O–H groups in total. The lowest BCUT2D eigenvalue weighted by Crippen LogP contribution is -2.34. The number of hydrogen-bond acceptors (Lipinski definition) is 3. The lowest BCUT2D eigenvalue weighted by molar-refractivity contribution is -0.00609. The van der Waals surface area contributed by atoms with E-state index in [0.29, 0.717) is 6.61 Å². The zero-order valence-corrected chi connectivity index (χ0v) is 12.4. The molecule has 0 amide bonds. The highest BCUT2D eigenvalue weighted by Gasteiger charge is 2.15. The molecule has 3 heteroatoms. The van der Waals surface area contributed by atoms with Gasteiger partial charge in [-0.2, -0.15) is 0 Å². The first kappa shape index (κ1) is 15.9. The Balaban J connectivity index is 2.06. The maximum atomic E-state index is 9.84. The molecule has 1 rings (SSSR count). The van der Waals surface area contributed by atoms with Gasteiger partial charge in [-0.15, -0.1) is 0 Å².